The second-order valence-corrected chi connectivity index (χ2v) is 13.1. The number of nitrogens with zero attached hydrogens (tertiary/aromatic N) is 4. The van der Waals surface area contributed by atoms with Gasteiger partial charge in [0.1, 0.15) is 0 Å². The summed E-state index contributed by atoms with van der Waals surface area (Å²) >= 11 is 7.32. The Morgan fingerprint density at radius 1 is 0.956 bits per heavy atom. The molecule has 15 heteroatoms. The standard InChI is InChI=1S/C30H30ClN7O5S2/c31-25-15-14-23(45(42,43)32-16-8-18-37-17-7-13-27(37)40)19-24(25)29(41)35-33-26(39)20-44-30-36-34-28(21-9-3-1-4-10-21)38(30)22-11-5-2-6-12-22/h1-6,9-12,14-15,19,32H,7-8,13,16-18,20H2,(H,33,39)(H,35,41). The van der Waals surface area contributed by atoms with E-state index in [1.807, 2.05) is 65.2 Å². The molecule has 1 aromatic heterocycles. The van der Waals surface area contributed by atoms with E-state index in [1.165, 1.54) is 12.1 Å². The number of hydrogen-bond acceptors (Lipinski definition) is 8. The van der Waals surface area contributed by atoms with Gasteiger partial charge in [0.25, 0.3) is 5.91 Å². The van der Waals surface area contributed by atoms with Gasteiger partial charge in [-0.3, -0.25) is 29.8 Å². The van der Waals surface area contributed by atoms with Gasteiger partial charge in [-0.25, -0.2) is 13.1 Å². The van der Waals surface area contributed by atoms with E-state index in [4.69, 9.17) is 11.6 Å². The fraction of sp³-hybridized carbons (Fsp3) is 0.233. The SMILES string of the molecule is O=C(CSc1nnc(-c2ccccc2)n1-c1ccccc1)NNC(=O)c1cc(S(=O)(=O)NCCCN2CCCC2=O)ccc1Cl. The first kappa shape index (κ1) is 32.2. The van der Waals surface area contributed by atoms with Crippen LogP contribution in [0.4, 0.5) is 0 Å². The first-order valence-corrected chi connectivity index (χ1v) is 16.9. The minimum Gasteiger partial charge on any atom is -0.343 e. The third kappa shape index (κ3) is 8.08. The van der Waals surface area contributed by atoms with Crippen molar-refractivity contribution in [2.45, 2.75) is 29.3 Å². The molecular formula is C30H30ClN7O5S2. The number of hydrogen-bond donors (Lipinski definition) is 3. The number of thioether (sulfide) groups is 1. The lowest BCUT2D eigenvalue weighted by molar-refractivity contribution is -0.127. The van der Waals surface area contributed by atoms with Crippen LogP contribution in [0.5, 0.6) is 0 Å². The van der Waals surface area contributed by atoms with Crippen LogP contribution in [-0.2, 0) is 19.6 Å². The summed E-state index contributed by atoms with van der Waals surface area (Å²) in [4.78, 5) is 38.8. The minimum atomic E-state index is -3.96. The van der Waals surface area contributed by atoms with Crippen molar-refractivity contribution in [2.24, 2.45) is 0 Å². The molecule has 2 heterocycles. The highest BCUT2D eigenvalue weighted by Crippen LogP contribution is 2.28. The Morgan fingerprint density at radius 2 is 1.69 bits per heavy atom. The predicted molar refractivity (Wildman–Crippen MR) is 170 cm³/mol. The summed E-state index contributed by atoms with van der Waals surface area (Å²) < 4.78 is 30.0. The first-order chi connectivity index (χ1) is 21.7. The van der Waals surface area contributed by atoms with Crippen LogP contribution < -0.4 is 15.6 Å². The zero-order valence-corrected chi connectivity index (χ0v) is 26.4. The van der Waals surface area contributed by atoms with E-state index in [-0.39, 0.29) is 33.7 Å². The van der Waals surface area contributed by atoms with Crippen LogP contribution in [0, 0.1) is 0 Å². The number of sulfonamides is 1. The molecule has 1 aliphatic rings. The van der Waals surface area contributed by atoms with Gasteiger partial charge in [0, 0.05) is 37.3 Å². The smallest absolute Gasteiger partial charge is 0.271 e. The second-order valence-electron chi connectivity index (χ2n) is 10.0. The Bertz CT molecular complexity index is 1790. The van der Waals surface area contributed by atoms with E-state index in [0.29, 0.717) is 36.9 Å². The van der Waals surface area contributed by atoms with Crippen LogP contribution in [0.3, 0.4) is 0 Å². The van der Waals surface area contributed by atoms with Crippen molar-refractivity contribution in [3.05, 3.63) is 89.4 Å². The van der Waals surface area contributed by atoms with E-state index < -0.39 is 21.8 Å². The Hall–Kier alpha value is -4.24. The van der Waals surface area contributed by atoms with E-state index in [2.05, 4.69) is 25.8 Å². The summed E-state index contributed by atoms with van der Waals surface area (Å²) in [6.07, 6.45) is 1.78. The third-order valence-electron chi connectivity index (χ3n) is 6.89. The van der Waals surface area contributed by atoms with Crippen LogP contribution in [0.1, 0.15) is 29.6 Å². The van der Waals surface area contributed by atoms with E-state index in [0.717, 1.165) is 35.5 Å². The summed E-state index contributed by atoms with van der Waals surface area (Å²) in [6, 6.07) is 22.7. The molecule has 3 amide bonds. The van der Waals surface area contributed by atoms with Gasteiger partial charge >= 0.3 is 0 Å². The lowest BCUT2D eigenvalue weighted by atomic mass is 10.2. The molecule has 1 fully saturated rings. The molecule has 1 aliphatic heterocycles. The Labute approximate surface area is 269 Å². The van der Waals surface area contributed by atoms with Gasteiger partial charge in [-0.05, 0) is 43.2 Å². The first-order valence-electron chi connectivity index (χ1n) is 14.1. The highest BCUT2D eigenvalue weighted by atomic mass is 35.5. The largest absolute Gasteiger partial charge is 0.343 e. The van der Waals surface area contributed by atoms with Gasteiger partial charge in [0.15, 0.2) is 11.0 Å². The van der Waals surface area contributed by atoms with Crippen LogP contribution in [0.15, 0.2) is 88.9 Å². The Morgan fingerprint density at radius 3 is 2.40 bits per heavy atom. The molecule has 0 radical (unpaired) electrons. The number of carbonyl (C=O) groups excluding carboxylic acids is 3. The zero-order valence-electron chi connectivity index (χ0n) is 24.0. The maximum Gasteiger partial charge on any atom is 0.271 e. The van der Waals surface area contributed by atoms with Gasteiger partial charge in [-0.1, -0.05) is 71.9 Å². The molecule has 0 bridgehead atoms. The highest BCUT2D eigenvalue weighted by molar-refractivity contribution is 7.99. The molecule has 0 spiro atoms. The molecule has 12 nitrogen and oxygen atoms in total. The van der Waals surface area contributed by atoms with Crippen LogP contribution in [0.2, 0.25) is 5.02 Å². The molecule has 45 heavy (non-hydrogen) atoms. The average molecular weight is 668 g/mol. The van der Waals surface area contributed by atoms with Crippen molar-refractivity contribution in [1.29, 1.82) is 0 Å². The van der Waals surface area contributed by atoms with Crippen LogP contribution >= 0.6 is 23.4 Å². The lowest BCUT2D eigenvalue weighted by Crippen LogP contribution is -2.42. The molecule has 0 saturated carbocycles. The predicted octanol–water partition coefficient (Wildman–Crippen LogP) is 3.43. The number of amides is 3. The van der Waals surface area contributed by atoms with Gasteiger partial charge in [-0.2, -0.15) is 0 Å². The number of halogens is 1. The number of likely N-dealkylation sites (tertiary alicyclic amines) is 1. The van der Waals surface area contributed by atoms with E-state index in [1.54, 1.807) is 4.90 Å². The van der Waals surface area contributed by atoms with Crippen molar-refractivity contribution in [2.75, 3.05) is 25.4 Å². The van der Waals surface area contributed by atoms with Crippen LogP contribution in [0.25, 0.3) is 17.1 Å². The number of hydrazine groups is 1. The van der Waals surface area contributed by atoms with Gasteiger partial charge in [0.05, 0.1) is 21.2 Å². The maximum absolute atomic E-state index is 12.9. The second kappa shape index (κ2) is 14.7. The molecule has 0 atom stereocenters. The summed E-state index contributed by atoms with van der Waals surface area (Å²) in [6.45, 7) is 1.27. The molecule has 0 aliphatic carbocycles. The lowest BCUT2D eigenvalue weighted by Gasteiger charge is -2.15. The molecule has 1 saturated heterocycles. The quantitative estimate of drug-likeness (QED) is 0.118. The zero-order chi connectivity index (χ0) is 31.8. The maximum atomic E-state index is 12.9. The molecule has 0 unspecified atom stereocenters. The average Bonchev–Trinajstić information content (AvgIpc) is 3.67. The summed E-state index contributed by atoms with van der Waals surface area (Å²) in [5, 5.41) is 9.11. The van der Waals surface area contributed by atoms with Crippen molar-refractivity contribution in [3.63, 3.8) is 0 Å². The monoisotopic (exact) mass is 667 g/mol. The molecule has 4 aromatic rings. The fourth-order valence-corrected chi connectivity index (χ4v) is 6.71. The number of aromatic nitrogens is 3. The van der Waals surface area contributed by atoms with Gasteiger partial charge < -0.3 is 4.90 Å². The van der Waals surface area contributed by atoms with Crippen molar-refractivity contribution < 1.29 is 22.8 Å². The number of nitrogens with one attached hydrogen (secondary N) is 3. The van der Waals surface area contributed by atoms with Crippen molar-refractivity contribution in [1.82, 2.24) is 35.2 Å². The fourth-order valence-electron chi connectivity index (χ4n) is 4.65. The van der Waals surface area contributed by atoms with Gasteiger partial charge in [0.2, 0.25) is 21.8 Å². The topological polar surface area (TPSA) is 155 Å². The van der Waals surface area contributed by atoms with Crippen molar-refractivity contribution in [3.8, 4) is 17.1 Å². The minimum absolute atomic E-state index is 0.00650. The normalized spacial score (nSPS) is 13.2. The third-order valence-corrected chi connectivity index (χ3v) is 9.61. The van der Waals surface area contributed by atoms with E-state index in [9.17, 15) is 22.8 Å². The summed E-state index contributed by atoms with van der Waals surface area (Å²) in [7, 11) is -3.96. The molecular weight excluding hydrogens is 638 g/mol. The Kier molecular flexibility index (Phi) is 10.5. The van der Waals surface area contributed by atoms with Crippen molar-refractivity contribution >= 4 is 51.1 Å². The number of benzene rings is 3. The highest BCUT2D eigenvalue weighted by Gasteiger charge is 2.22. The van der Waals surface area contributed by atoms with Gasteiger partial charge in [-0.15, -0.1) is 10.2 Å². The summed E-state index contributed by atoms with van der Waals surface area (Å²) in [5.74, 6) is -0.741. The molecule has 234 valence electrons. The number of rotatable bonds is 12. The summed E-state index contributed by atoms with van der Waals surface area (Å²) in [5.41, 5.74) is 6.16. The van der Waals surface area contributed by atoms with E-state index >= 15 is 0 Å². The molecule has 3 N–H and O–H groups in total. The van der Waals surface area contributed by atoms with Crippen LogP contribution in [-0.4, -0.2) is 71.2 Å². The number of para-hydroxylation sites is 1. The molecule has 3 aromatic carbocycles. The molecule has 5 rings (SSSR count). The Balaban J connectivity index is 1.18. The number of carbonyl (C=O) groups is 3.